The molecular weight excluding hydrogens is 282 g/mol. The van der Waals surface area contributed by atoms with Crippen molar-refractivity contribution in [3.63, 3.8) is 0 Å². The van der Waals surface area contributed by atoms with E-state index in [0.717, 1.165) is 0 Å². The Hall–Kier alpha value is -0.925. The third kappa shape index (κ3) is 17.1. The van der Waals surface area contributed by atoms with E-state index in [1.807, 2.05) is 0 Å². The van der Waals surface area contributed by atoms with Crippen LogP contribution in [0.3, 0.4) is 0 Å². The number of hydrogen-bond donors (Lipinski definition) is 4. The van der Waals surface area contributed by atoms with Crippen LogP contribution in [-0.2, 0) is 9.59 Å². The highest BCUT2D eigenvalue weighted by atomic mass is 19.4. The van der Waals surface area contributed by atoms with Crippen LogP contribution in [0, 0.1) is 0 Å². The summed E-state index contributed by atoms with van der Waals surface area (Å²) in [7, 11) is -1.37. The zero-order valence-corrected chi connectivity index (χ0v) is 10.8. The Morgan fingerprint density at radius 2 is 1.65 bits per heavy atom. The maximum atomic E-state index is 11.9. The monoisotopic (exact) mass is 301 g/mol. The van der Waals surface area contributed by atoms with Gasteiger partial charge in [0.1, 0.15) is 0 Å². The maximum absolute atomic E-state index is 11.9. The van der Waals surface area contributed by atoms with Crippen LogP contribution < -0.4 is 5.73 Å². The Morgan fingerprint density at radius 3 is 2.05 bits per heavy atom. The molecule has 0 saturated heterocycles. The third-order valence-corrected chi connectivity index (χ3v) is 2.47. The van der Waals surface area contributed by atoms with E-state index in [4.69, 9.17) is 25.4 Å². The van der Waals surface area contributed by atoms with Crippen LogP contribution in [0.15, 0.2) is 0 Å². The summed E-state index contributed by atoms with van der Waals surface area (Å²) in [5, 5.41) is 26.5. The Balaban J connectivity index is 0. The van der Waals surface area contributed by atoms with Gasteiger partial charge in [0, 0.05) is 12.5 Å². The van der Waals surface area contributed by atoms with Crippen molar-refractivity contribution in [1.29, 1.82) is 0 Å². The molecule has 0 amide bonds. The molecule has 0 aliphatic rings. The molecule has 6 nitrogen and oxygen atoms in total. The third-order valence-electron chi connectivity index (χ3n) is 2.47. The van der Waals surface area contributed by atoms with E-state index in [9.17, 15) is 18.3 Å². The highest BCUT2D eigenvalue weighted by molar-refractivity contribution is 6.40. The molecule has 5 N–H and O–H groups in total. The van der Waals surface area contributed by atoms with E-state index in [1.165, 1.54) is 0 Å². The first-order valence-electron chi connectivity index (χ1n) is 5.99. The lowest BCUT2D eigenvalue weighted by molar-refractivity contribution is -0.191. The molecule has 0 heterocycles. The summed E-state index contributed by atoms with van der Waals surface area (Å²) < 4.78 is 35.6. The molecule has 2 unspecified atom stereocenters. The normalized spacial score (nSPS) is 13.8. The van der Waals surface area contributed by atoms with Gasteiger partial charge in [-0.25, -0.2) is 0 Å². The van der Waals surface area contributed by atoms with Gasteiger partial charge in [-0.3, -0.25) is 0 Å². The van der Waals surface area contributed by atoms with Gasteiger partial charge >= 0.3 is 19.4 Å². The molecule has 0 rings (SSSR count). The number of carbonyl (C=O) groups excluding carboxylic acids is 2. The molecule has 0 aliphatic carbocycles. The minimum Gasteiger partial charge on any atom is -0.427 e. The Bertz CT molecular complexity index is 272. The number of hydrogen-bond acceptors (Lipinski definition) is 6. The molecule has 0 saturated carbocycles. The number of alkyl halides is 3. The highest BCUT2D eigenvalue weighted by Gasteiger charge is 2.29. The van der Waals surface area contributed by atoms with E-state index in [0.29, 0.717) is 19.3 Å². The van der Waals surface area contributed by atoms with Crippen LogP contribution in [0.25, 0.3) is 0 Å². The predicted molar refractivity (Wildman–Crippen MR) is 63.1 cm³/mol. The molecule has 0 radical (unpaired) electrons. The molecule has 10 heteroatoms. The smallest absolute Gasteiger partial charge is 0.427 e. The second-order valence-electron chi connectivity index (χ2n) is 4.23. The van der Waals surface area contributed by atoms with Crippen LogP contribution in [0.5, 0.6) is 0 Å². The average Bonchev–Trinajstić information content (AvgIpc) is 2.31. The fourth-order valence-electron chi connectivity index (χ4n) is 1.42. The van der Waals surface area contributed by atoms with Crippen LogP contribution in [0.4, 0.5) is 13.2 Å². The first kappa shape index (κ1) is 21.4. The van der Waals surface area contributed by atoms with Gasteiger partial charge in [0.05, 0.1) is 6.10 Å². The summed E-state index contributed by atoms with van der Waals surface area (Å²) in [5.41, 5.74) is 5.52. The lowest BCUT2D eigenvalue weighted by Crippen LogP contribution is -2.35. The number of halogens is 3. The van der Waals surface area contributed by atoms with Crippen molar-refractivity contribution in [3.8, 4) is 0 Å². The van der Waals surface area contributed by atoms with Crippen molar-refractivity contribution in [2.24, 2.45) is 5.73 Å². The van der Waals surface area contributed by atoms with Crippen molar-refractivity contribution < 1.29 is 37.9 Å². The molecule has 0 aromatic rings. The molecule has 0 aromatic carbocycles. The average molecular weight is 301 g/mol. The predicted octanol–water partition coefficient (Wildman–Crippen LogP) is 0.0767. The molecule has 2 atom stereocenters. The number of aliphatic hydroxyl groups excluding tert-OH is 1. The van der Waals surface area contributed by atoms with Gasteiger partial charge in [-0.15, -0.1) is 0 Å². The van der Waals surface area contributed by atoms with Crippen LogP contribution in [0.2, 0.25) is 6.32 Å². The number of aliphatic hydroxyl groups is 1. The number of nitrogens with two attached hydrogens (primary N) is 1. The summed E-state index contributed by atoms with van der Waals surface area (Å²) >= 11 is 0. The minimum atomic E-state index is -4.28. The van der Waals surface area contributed by atoms with Gasteiger partial charge in [-0.1, -0.05) is 12.8 Å². The molecule has 0 bridgehead atoms. The van der Waals surface area contributed by atoms with Gasteiger partial charge in [-0.2, -0.15) is 22.8 Å². The van der Waals surface area contributed by atoms with Crippen molar-refractivity contribution in [2.75, 3.05) is 0 Å². The van der Waals surface area contributed by atoms with Crippen LogP contribution in [0.1, 0.15) is 32.1 Å². The van der Waals surface area contributed by atoms with Gasteiger partial charge in [-0.05, 0) is 19.2 Å². The fraction of sp³-hybridized carbons (Fsp3) is 0.900. The fourth-order valence-corrected chi connectivity index (χ4v) is 1.42. The molecule has 0 spiro atoms. The first-order valence-corrected chi connectivity index (χ1v) is 5.99. The highest BCUT2D eigenvalue weighted by Crippen LogP contribution is 2.23. The van der Waals surface area contributed by atoms with Crippen LogP contribution >= 0.6 is 0 Å². The minimum absolute atomic E-state index is 0.200. The molecule has 20 heavy (non-hydrogen) atoms. The van der Waals surface area contributed by atoms with Crippen molar-refractivity contribution in [1.82, 2.24) is 0 Å². The Morgan fingerprint density at radius 1 is 1.15 bits per heavy atom. The van der Waals surface area contributed by atoms with E-state index in [1.54, 1.807) is 0 Å². The Labute approximate surface area is 114 Å². The number of rotatable bonds is 8. The molecule has 118 valence electrons. The zero-order valence-electron chi connectivity index (χ0n) is 10.8. The molecule has 0 fully saturated rings. The summed E-state index contributed by atoms with van der Waals surface area (Å²) in [6, 6.07) is -0.701. The Kier molecular flexibility index (Phi) is 12.7. The van der Waals surface area contributed by atoms with E-state index < -0.39 is 38.3 Å². The topological polar surface area (TPSA) is 121 Å². The van der Waals surface area contributed by atoms with Crippen LogP contribution in [-0.4, -0.2) is 46.7 Å². The van der Waals surface area contributed by atoms with E-state index in [2.05, 4.69) is 0 Å². The quantitative estimate of drug-likeness (QED) is 0.372. The largest absolute Gasteiger partial charge is 0.451 e. The summed E-state index contributed by atoms with van der Waals surface area (Å²) in [6.07, 6.45) is -5.02. The molecule has 0 aliphatic heterocycles. The lowest BCUT2D eigenvalue weighted by Gasteiger charge is -2.19. The SMILES string of the molecule is NC(CCCCB(O)O)C(O)CCC(F)(F)F.O=C=O. The maximum Gasteiger partial charge on any atom is 0.451 e. The first-order chi connectivity index (χ1) is 9.14. The summed E-state index contributed by atoms with van der Waals surface area (Å²) in [5.74, 6) is 0. The molecular formula is C10H19BF3NO5. The van der Waals surface area contributed by atoms with Gasteiger partial charge in [0.25, 0.3) is 0 Å². The second-order valence-corrected chi connectivity index (χ2v) is 4.23. The zero-order chi connectivity index (χ0) is 16.2. The lowest BCUT2D eigenvalue weighted by atomic mass is 9.83. The summed E-state index contributed by atoms with van der Waals surface area (Å²) in [4.78, 5) is 16.2. The van der Waals surface area contributed by atoms with E-state index >= 15 is 0 Å². The second kappa shape index (κ2) is 11.9. The number of unbranched alkanes of at least 4 members (excludes halogenated alkanes) is 1. The van der Waals surface area contributed by atoms with E-state index in [-0.39, 0.29) is 12.5 Å². The van der Waals surface area contributed by atoms with Crippen molar-refractivity contribution in [2.45, 2.75) is 56.7 Å². The van der Waals surface area contributed by atoms with Gasteiger partial charge in [0.15, 0.2) is 0 Å². The van der Waals surface area contributed by atoms with Crippen molar-refractivity contribution in [3.05, 3.63) is 0 Å². The van der Waals surface area contributed by atoms with Gasteiger partial charge < -0.3 is 20.9 Å². The standard InChI is InChI=1S/C9H19BF3NO3.CO2/c11-9(12,13)5-4-8(15)7(14)3-1-2-6-10(16)17;2-1-3/h7-8,15-17H,1-6,14H2;. The van der Waals surface area contributed by atoms with Crippen molar-refractivity contribution >= 4 is 13.3 Å². The summed E-state index contributed by atoms with van der Waals surface area (Å²) in [6.45, 7) is 0. The van der Waals surface area contributed by atoms with Gasteiger partial charge in [0.2, 0.25) is 0 Å². The molecule has 0 aromatic heterocycles.